The van der Waals surface area contributed by atoms with Gasteiger partial charge in [0.15, 0.2) is 0 Å². The van der Waals surface area contributed by atoms with Gasteiger partial charge in [-0.1, -0.05) is 32.0 Å². The summed E-state index contributed by atoms with van der Waals surface area (Å²) in [4.78, 5) is 11.8. The summed E-state index contributed by atoms with van der Waals surface area (Å²) in [6.45, 7) is 8.97. The van der Waals surface area contributed by atoms with Crippen LogP contribution in [0.15, 0.2) is 28.7 Å². The zero-order chi connectivity index (χ0) is 16.8. The number of furan rings is 1. The summed E-state index contributed by atoms with van der Waals surface area (Å²) in [5, 5.41) is 7.58. The second-order valence-corrected chi connectivity index (χ2v) is 6.10. The molecule has 23 heavy (non-hydrogen) atoms. The lowest BCUT2D eigenvalue weighted by Gasteiger charge is -2.14. The van der Waals surface area contributed by atoms with Crippen LogP contribution in [0, 0.1) is 0 Å². The van der Waals surface area contributed by atoms with E-state index in [9.17, 15) is 4.79 Å². The van der Waals surface area contributed by atoms with E-state index in [1.54, 1.807) is 0 Å². The number of hydrogen-bond donors (Lipinski definition) is 2. The SMILES string of the molecule is CCc1c(C(C)NCCC(=O)NC(C)CC)oc2ccccc12. The summed E-state index contributed by atoms with van der Waals surface area (Å²) in [7, 11) is 0. The minimum Gasteiger partial charge on any atom is -0.459 e. The van der Waals surface area contributed by atoms with Crippen LogP contribution in [-0.4, -0.2) is 18.5 Å². The Morgan fingerprint density at radius 3 is 2.65 bits per heavy atom. The van der Waals surface area contributed by atoms with Gasteiger partial charge in [-0.25, -0.2) is 0 Å². The zero-order valence-corrected chi connectivity index (χ0v) is 14.6. The van der Waals surface area contributed by atoms with Crippen molar-refractivity contribution in [2.75, 3.05) is 6.54 Å². The Hall–Kier alpha value is -1.81. The highest BCUT2D eigenvalue weighted by atomic mass is 16.3. The summed E-state index contributed by atoms with van der Waals surface area (Å²) < 4.78 is 6.03. The van der Waals surface area contributed by atoms with Gasteiger partial charge in [-0.05, 0) is 32.8 Å². The standard InChI is InChI=1S/C19H28N2O2/c1-5-13(3)21-18(22)11-12-20-14(4)19-15(6-2)16-9-7-8-10-17(16)23-19/h7-10,13-14,20H,5-6,11-12H2,1-4H3,(H,21,22). The molecule has 2 atom stereocenters. The first kappa shape index (κ1) is 17.5. The maximum atomic E-state index is 11.8. The van der Waals surface area contributed by atoms with Crippen molar-refractivity contribution in [2.45, 2.75) is 59.0 Å². The van der Waals surface area contributed by atoms with Crippen LogP contribution in [0.1, 0.15) is 57.9 Å². The number of carbonyl (C=O) groups is 1. The number of amides is 1. The van der Waals surface area contributed by atoms with Crippen molar-refractivity contribution in [3.63, 3.8) is 0 Å². The molecule has 0 aliphatic rings. The van der Waals surface area contributed by atoms with Crippen molar-refractivity contribution in [3.8, 4) is 0 Å². The van der Waals surface area contributed by atoms with Crippen LogP contribution in [-0.2, 0) is 11.2 Å². The van der Waals surface area contributed by atoms with Gasteiger partial charge in [0.2, 0.25) is 5.91 Å². The van der Waals surface area contributed by atoms with Gasteiger partial charge in [0.05, 0.1) is 6.04 Å². The molecule has 4 nitrogen and oxygen atoms in total. The monoisotopic (exact) mass is 316 g/mol. The Balaban J connectivity index is 1.96. The van der Waals surface area contributed by atoms with E-state index in [0.717, 1.165) is 24.2 Å². The highest BCUT2D eigenvalue weighted by Crippen LogP contribution is 2.30. The van der Waals surface area contributed by atoms with E-state index in [4.69, 9.17) is 4.42 Å². The second-order valence-electron chi connectivity index (χ2n) is 6.10. The molecule has 0 saturated carbocycles. The van der Waals surface area contributed by atoms with E-state index in [1.807, 2.05) is 25.1 Å². The predicted molar refractivity (Wildman–Crippen MR) is 94.5 cm³/mol. The molecule has 0 spiro atoms. The first-order valence-electron chi connectivity index (χ1n) is 8.59. The predicted octanol–water partition coefficient (Wildman–Crippen LogP) is 3.95. The molecular formula is C19H28N2O2. The lowest BCUT2D eigenvalue weighted by atomic mass is 10.0. The molecule has 2 rings (SSSR count). The molecule has 0 fully saturated rings. The third-order valence-corrected chi connectivity index (χ3v) is 4.30. The minimum atomic E-state index is 0.0914. The molecule has 0 bridgehead atoms. The quantitative estimate of drug-likeness (QED) is 0.775. The molecule has 0 aliphatic heterocycles. The third kappa shape index (κ3) is 4.35. The molecule has 1 heterocycles. The second kappa shape index (κ2) is 8.16. The Bertz CT molecular complexity index is 648. The van der Waals surface area contributed by atoms with Gasteiger partial charge in [0.25, 0.3) is 0 Å². The van der Waals surface area contributed by atoms with E-state index in [2.05, 4.69) is 37.5 Å². The maximum Gasteiger partial charge on any atom is 0.221 e. The Morgan fingerprint density at radius 2 is 1.96 bits per heavy atom. The van der Waals surface area contributed by atoms with Crippen LogP contribution in [0.5, 0.6) is 0 Å². The number of rotatable bonds is 8. The van der Waals surface area contributed by atoms with Crippen LogP contribution in [0.25, 0.3) is 11.0 Å². The van der Waals surface area contributed by atoms with Crippen LogP contribution >= 0.6 is 0 Å². The Kier molecular flexibility index (Phi) is 6.22. The lowest BCUT2D eigenvalue weighted by Crippen LogP contribution is -2.34. The van der Waals surface area contributed by atoms with Crippen molar-refractivity contribution >= 4 is 16.9 Å². The van der Waals surface area contributed by atoms with E-state index >= 15 is 0 Å². The number of aryl methyl sites for hydroxylation is 1. The highest BCUT2D eigenvalue weighted by molar-refractivity contribution is 5.82. The van der Waals surface area contributed by atoms with E-state index in [-0.39, 0.29) is 18.0 Å². The van der Waals surface area contributed by atoms with Gasteiger partial charge in [0.1, 0.15) is 11.3 Å². The maximum absolute atomic E-state index is 11.8. The molecule has 1 aromatic heterocycles. The van der Waals surface area contributed by atoms with E-state index in [1.165, 1.54) is 10.9 Å². The minimum absolute atomic E-state index is 0.0914. The van der Waals surface area contributed by atoms with E-state index in [0.29, 0.717) is 13.0 Å². The normalized spacial score (nSPS) is 13.9. The summed E-state index contributed by atoms with van der Waals surface area (Å²) in [6, 6.07) is 8.47. The van der Waals surface area contributed by atoms with Crippen molar-refractivity contribution in [1.29, 1.82) is 0 Å². The average molecular weight is 316 g/mol. The topological polar surface area (TPSA) is 54.3 Å². The summed E-state index contributed by atoms with van der Waals surface area (Å²) in [6.07, 6.45) is 2.37. The fourth-order valence-corrected chi connectivity index (χ4v) is 2.78. The molecule has 1 amide bonds. The zero-order valence-electron chi connectivity index (χ0n) is 14.6. The van der Waals surface area contributed by atoms with E-state index < -0.39 is 0 Å². The van der Waals surface area contributed by atoms with Gasteiger partial charge in [-0.3, -0.25) is 4.79 Å². The number of fused-ring (bicyclic) bond motifs is 1. The summed E-state index contributed by atoms with van der Waals surface area (Å²) in [5.74, 6) is 1.08. The number of benzene rings is 1. The van der Waals surface area contributed by atoms with Crippen LogP contribution in [0.2, 0.25) is 0 Å². The molecule has 0 radical (unpaired) electrons. The largest absolute Gasteiger partial charge is 0.459 e. The molecule has 2 N–H and O–H groups in total. The molecule has 2 unspecified atom stereocenters. The molecule has 0 aliphatic carbocycles. The van der Waals surface area contributed by atoms with Crippen molar-refractivity contribution < 1.29 is 9.21 Å². The van der Waals surface area contributed by atoms with Crippen LogP contribution < -0.4 is 10.6 Å². The molecule has 2 aromatic rings. The van der Waals surface area contributed by atoms with Crippen molar-refractivity contribution in [2.24, 2.45) is 0 Å². The molecule has 4 heteroatoms. The van der Waals surface area contributed by atoms with Crippen molar-refractivity contribution in [3.05, 3.63) is 35.6 Å². The smallest absolute Gasteiger partial charge is 0.221 e. The third-order valence-electron chi connectivity index (χ3n) is 4.30. The van der Waals surface area contributed by atoms with Crippen LogP contribution in [0.3, 0.4) is 0 Å². The summed E-state index contributed by atoms with van der Waals surface area (Å²) in [5.41, 5.74) is 2.19. The van der Waals surface area contributed by atoms with Gasteiger partial charge in [-0.15, -0.1) is 0 Å². The number of carbonyl (C=O) groups excluding carboxylic acids is 1. The summed E-state index contributed by atoms with van der Waals surface area (Å²) >= 11 is 0. The lowest BCUT2D eigenvalue weighted by molar-refractivity contribution is -0.121. The van der Waals surface area contributed by atoms with Crippen molar-refractivity contribution in [1.82, 2.24) is 10.6 Å². The first-order valence-corrected chi connectivity index (χ1v) is 8.59. The fourth-order valence-electron chi connectivity index (χ4n) is 2.78. The van der Waals surface area contributed by atoms with Gasteiger partial charge < -0.3 is 15.1 Å². The molecule has 1 aromatic carbocycles. The molecule has 0 saturated heterocycles. The van der Waals surface area contributed by atoms with Gasteiger partial charge in [-0.2, -0.15) is 0 Å². The Labute approximate surface area is 138 Å². The fraction of sp³-hybridized carbons (Fsp3) is 0.526. The highest BCUT2D eigenvalue weighted by Gasteiger charge is 2.18. The molecule has 126 valence electrons. The average Bonchev–Trinajstić information content (AvgIpc) is 2.93. The number of nitrogens with one attached hydrogen (secondary N) is 2. The number of para-hydroxylation sites is 1. The molecular weight excluding hydrogens is 288 g/mol. The first-order chi connectivity index (χ1) is 11.1. The van der Waals surface area contributed by atoms with Gasteiger partial charge >= 0.3 is 0 Å². The van der Waals surface area contributed by atoms with Crippen LogP contribution in [0.4, 0.5) is 0 Å². The van der Waals surface area contributed by atoms with Gasteiger partial charge in [0, 0.05) is 30.0 Å². The Morgan fingerprint density at radius 1 is 1.22 bits per heavy atom. The number of hydrogen-bond acceptors (Lipinski definition) is 3.